The number of rotatable bonds is 5. The SMILES string of the molecule is CCCCCOc1cccc(Br)n1. The van der Waals surface area contributed by atoms with Crippen LogP contribution in [0.15, 0.2) is 22.8 Å². The first-order valence-corrected chi connectivity index (χ1v) is 5.37. The molecule has 0 fully saturated rings. The highest BCUT2D eigenvalue weighted by Crippen LogP contribution is 2.12. The van der Waals surface area contributed by atoms with Gasteiger partial charge in [-0.05, 0) is 28.4 Å². The lowest BCUT2D eigenvalue weighted by Gasteiger charge is -2.03. The summed E-state index contributed by atoms with van der Waals surface area (Å²) in [5, 5.41) is 0. The number of unbranched alkanes of at least 4 members (excludes halogenated alkanes) is 2. The molecule has 13 heavy (non-hydrogen) atoms. The molecule has 3 heteroatoms. The van der Waals surface area contributed by atoms with Crippen LogP contribution >= 0.6 is 15.9 Å². The van der Waals surface area contributed by atoms with Crippen molar-refractivity contribution in [1.29, 1.82) is 0 Å². The molecule has 0 atom stereocenters. The fourth-order valence-electron chi connectivity index (χ4n) is 0.999. The topological polar surface area (TPSA) is 22.1 Å². The summed E-state index contributed by atoms with van der Waals surface area (Å²) < 4.78 is 6.27. The van der Waals surface area contributed by atoms with Gasteiger partial charge in [0.2, 0.25) is 5.88 Å². The quantitative estimate of drug-likeness (QED) is 0.584. The van der Waals surface area contributed by atoms with E-state index in [0.717, 1.165) is 17.6 Å². The lowest BCUT2D eigenvalue weighted by Crippen LogP contribution is -1.98. The van der Waals surface area contributed by atoms with E-state index in [1.165, 1.54) is 12.8 Å². The Kier molecular flexibility index (Phi) is 4.83. The highest BCUT2D eigenvalue weighted by molar-refractivity contribution is 9.10. The van der Waals surface area contributed by atoms with Crippen LogP contribution in [-0.2, 0) is 0 Å². The molecule has 0 saturated heterocycles. The summed E-state index contributed by atoms with van der Waals surface area (Å²) in [5.74, 6) is 0.700. The van der Waals surface area contributed by atoms with Gasteiger partial charge in [0.25, 0.3) is 0 Å². The standard InChI is InChI=1S/C10H14BrNO/c1-2-3-4-8-13-10-7-5-6-9(11)12-10/h5-7H,2-4,8H2,1H3. The Morgan fingerprint density at radius 2 is 2.23 bits per heavy atom. The van der Waals surface area contributed by atoms with E-state index in [1.807, 2.05) is 18.2 Å². The van der Waals surface area contributed by atoms with Crippen molar-refractivity contribution in [1.82, 2.24) is 4.98 Å². The fourth-order valence-corrected chi connectivity index (χ4v) is 1.33. The Morgan fingerprint density at radius 3 is 2.92 bits per heavy atom. The van der Waals surface area contributed by atoms with Crippen molar-refractivity contribution in [2.75, 3.05) is 6.61 Å². The van der Waals surface area contributed by atoms with Crippen molar-refractivity contribution in [2.45, 2.75) is 26.2 Å². The molecule has 0 spiro atoms. The average Bonchev–Trinajstić information content (AvgIpc) is 2.13. The van der Waals surface area contributed by atoms with Gasteiger partial charge in [-0.2, -0.15) is 0 Å². The highest BCUT2D eigenvalue weighted by atomic mass is 79.9. The van der Waals surface area contributed by atoms with E-state index in [4.69, 9.17) is 4.74 Å². The van der Waals surface area contributed by atoms with Crippen molar-refractivity contribution >= 4 is 15.9 Å². The predicted octanol–water partition coefficient (Wildman–Crippen LogP) is 3.41. The van der Waals surface area contributed by atoms with Gasteiger partial charge in [-0.15, -0.1) is 0 Å². The summed E-state index contributed by atoms with van der Waals surface area (Å²) in [7, 11) is 0. The summed E-state index contributed by atoms with van der Waals surface area (Å²) in [6, 6.07) is 5.68. The minimum atomic E-state index is 0.700. The molecule has 1 heterocycles. The van der Waals surface area contributed by atoms with Crippen LogP contribution in [0.1, 0.15) is 26.2 Å². The lowest BCUT2D eigenvalue weighted by atomic mass is 10.3. The molecule has 0 bridgehead atoms. The Hall–Kier alpha value is -0.570. The van der Waals surface area contributed by atoms with Gasteiger partial charge >= 0.3 is 0 Å². The molecule has 0 aliphatic carbocycles. The second kappa shape index (κ2) is 5.97. The van der Waals surface area contributed by atoms with E-state index in [0.29, 0.717) is 5.88 Å². The molecule has 0 aliphatic rings. The van der Waals surface area contributed by atoms with Crippen LogP contribution in [0, 0.1) is 0 Å². The number of pyridine rings is 1. The van der Waals surface area contributed by atoms with Gasteiger partial charge < -0.3 is 4.74 Å². The van der Waals surface area contributed by atoms with Gasteiger partial charge in [0.1, 0.15) is 4.60 Å². The number of halogens is 1. The third-order valence-corrected chi connectivity index (χ3v) is 2.13. The Morgan fingerprint density at radius 1 is 1.38 bits per heavy atom. The zero-order valence-electron chi connectivity index (χ0n) is 7.79. The van der Waals surface area contributed by atoms with Crippen molar-refractivity contribution in [2.24, 2.45) is 0 Å². The molecule has 1 aromatic rings. The van der Waals surface area contributed by atoms with Crippen LogP contribution < -0.4 is 4.74 Å². The van der Waals surface area contributed by atoms with E-state index in [9.17, 15) is 0 Å². The number of ether oxygens (including phenoxy) is 1. The third-order valence-electron chi connectivity index (χ3n) is 1.69. The van der Waals surface area contributed by atoms with Crippen LogP contribution in [0.2, 0.25) is 0 Å². The summed E-state index contributed by atoms with van der Waals surface area (Å²) in [4.78, 5) is 4.17. The summed E-state index contributed by atoms with van der Waals surface area (Å²) in [6.45, 7) is 2.94. The molecule has 1 rings (SSSR count). The number of hydrogen-bond acceptors (Lipinski definition) is 2. The molecule has 2 nitrogen and oxygen atoms in total. The first kappa shape index (κ1) is 10.5. The molecule has 1 aromatic heterocycles. The zero-order chi connectivity index (χ0) is 9.52. The number of hydrogen-bond donors (Lipinski definition) is 0. The van der Waals surface area contributed by atoms with Crippen LogP contribution in [0.3, 0.4) is 0 Å². The average molecular weight is 244 g/mol. The largest absolute Gasteiger partial charge is 0.478 e. The molecule has 72 valence electrons. The van der Waals surface area contributed by atoms with Crippen molar-refractivity contribution in [3.8, 4) is 5.88 Å². The highest BCUT2D eigenvalue weighted by Gasteiger charge is 1.95. The van der Waals surface area contributed by atoms with E-state index < -0.39 is 0 Å². The van der Waals surface area contributed by atoms with Crippen LogP contribution in [0.5, 0.6) is 5.88 Å². The predicted molar refractivity (Wildman–Crippen MR) is 57.0 cm³/mol. The maximum Gasteiger partial charge on any atom is 0.214 e. The van der Waals surface area contributed by atoms with Gasteiger partial charge in [-0.1, -0.05) is 25.8 Å². The third kappa shape index (κ3) is 4.27. The Bertz CT molecular complexity index is 252. The molecular formula is C10H14BrNO. The maximum absolute atomic E-state index is 5.45. The summed E-state index contributed by atoms with van der Waals surface area (Å²) in [5.41, 5.74) is 0. The monoisotopic (exact) mass is 243 g/mol. The molecule has 0 amide bonds. The summed E-state index contributed by atoms with van der Waals surface area (Å²) >= 11 is 3.29. The molecule has 0 N–H and O–H groups in total. The van der Waals surface area contributed by atoms with E-state index in [1.54, 1.807) is 0 Å². The zero-order valence-corrected chi connectivity index (χ0v) is 9.38. The van der Waals surface area contributed by atoms with Gasteiger partial charge in [-0.25, -0.2) is 4.98 Å². The molecular weight excluding hydrogens is 230 g/mol. The van der Waals surface area contributed by atoms with Gasteiger partial charge in [0, 0.05) is 6.07 Å². The van der Waals surface area contributed by atoms with Crippen LogP contribution in [-0.4, -0.2) is 11.6 Å². The second-order valence-electron chi connectivity index (χ2n) is 2.85. The fraction of sp³-hybridized carbons (Fsp3) is 0.500. The molecule has 0 radical (unpaired) electrons. The summed E-state index contributed by atoms with van der Waals surface area (Å²) in [6.07, 6.45) is 3.54. The van der Waals surface area contributed by atoms with Crippen molar-refractivity contribution in [3.05, 3.63) is 22.8 Å². The number of aromatic nitrogens is 1. The lowest BCUT2D eigenvalue weighted by molar-refractivity contribution is 0.294. The second-order valence-corrected chi connectivity index (χ2v) is 3.67. The number of nitrogens with zero attached hydrogens (tertiary/aromatic N) is 1. The van der Waals surface area contributed by atoms with E-state index in [-0.39, 0.29) is 0 Å². The molecule has 0 aliphatic heterocycles. The Balaban J connectivity index is 2.28. The van der Waals surface area contributed by atoms with Crippen LogP contribution in [0.4, 0.5) is 0 Å². The smallest absolute Gasteiger partial charge is 0.214 e. The van der Waals surface area contributed by atoms with Crippen molar-refractivity contribution in [3.63, 3.8) is 0 Å². The molecule has 0 aromatic carbocycles. The minimum absolute atomic E-state index is 0.700. The first-order chi connectivity index (χ1) is 6.33. The maximum atomic E-state index is 5.45. The van der Waals surface area contributed by atoms with Gasteiger partial charge in [0.15, 0.2) is 0 Å². The van der Waals surface area contributed by atoms with Gasteiger partial charge in [0.05, 0.1) is 6.61 Å². The first-order valence-electron chi connectivity index (χ1n) is 4.58. The molecule has 0 unspecified atom stereocenters. The minimum Gasteiger partial charge on any atom is -0.478 e. The molecule has 0 saturated carbocycles. The normalized spacial score (nSPS) is 10.0. The Labute approximate surface area is 87.5 Å². The van der Waals surface area contributed by atoms with E-state index >= 15 is 0 Å². The van der Waals surface area contributed by atoms with Crippen molar-refractivity contribution < 1.29 is 4.74 Å². The van der Waals surface area contributed by atoms with E-state index in [2.05, 4.69) is 27.8 Å². The van der Waals surface area contributed by atoms with Gasteiger partial charge in [-0.3, -0.25) is 0 Å². The van der Waals surface area contributed by atoms with Crippen LogP contribution in [0.25, 0.3) is 0 Å².